The van der Waals surface area contributed by atoms with Crippen molar-refractivity contribution in [3.8, 4) is 0 Å². The zero-order valence-electron chi connectivity index (χ0n) is 12.7. The SMILES string of the molecule is C=C(C)COC(=O)/C=C/C(=O)OCCCCCCCC. The molecule has 0 aromatic heterocycles. The van der Waals surface area contributed by atoms with Crippen LogP contribution < -0.4 is 0 Å². The standard InChI is InChI=1S/C16H26O4/c1-4-5-6-7-8-9-12-19-15(17)10-11-16(18)20-13-14(2)3/h10-11H,2,4-9,12-13H2,1,3H3/b11-10+. The van der Waals surface area contributed by atoms with E-state index >= 15 is 0 Å². The molecule has 0 rings (SSSR count). The molecular weight excluding hydrogens is 256 g/mol. The van der Waals surface area contributed by atoms with Gasteiger partial charge in [-0.05, 0) is 18.9 Å². The smallest absolute Gasteiger partial charge is 0.331 e. The molecule has 20 heavy (non-hydrogen) atoms. The van der Waals surface area contributed by atoms with Crippen LogP contribution in [0.2, 0.25) is 0 Å². The molecule has 114 valence electrons. The Balaban J connectivity index is 3.57. The summed E-state index contributed by atoms with van der Waals surface area (Å²) in [6, 6.07) is 0. The molecule has 0 aliphatic carbocycles. The van der Waals surface area contributed by atoms with Crippen molar-refractivity contribution in [3.05, 3.63) is 24.3 Å². The van der Waals surface area contributed by atoms with Crippen molar-refractivity contribution in [1.29, 1.82) is 0 Å². The van der Waals surface area contributed by atoms with E-state index in [4.69, 9.17) is 9.47 Å². The van der Waals surface area contributed by atoms with Crippen molar-refractivity contribution in [3.63, 3.8) is 0 Å². The molecule has 0 saturated carbocycles. The van der Waals surface area contributed by atoms with Crippen LogP contribution in [0, 0.1) is 0 Å². The highest BCUT2D eigenvalue weighted by atomic mass is 16.5. The Morgan fingerprint density at radius 3 is 2.10 bits per heavy atom. The molecule has 0 radical (unpaired) electrons. The lowest BCUT2D eigenvalue weighted by Gasteiger charge is -2.02. The Morgan fingerprint density at radius 1 is 0.950 bits per heavy atom. The molecule has 0 fully saturated rings. The summed E-state index contributed by atoms with van der Waals surface area (Å²) < 4.78 is 9.77. The Bertz CT molecular complexity index is 331. The average Bonchev–Trinajstić information content (AvgIpc) is 2.41. The fraction of sp³-hybridized carbons (Fsp3) is 0.625. The molecule has 0 atom stereocenters. The highest BCUT2D eigenvalue weighted by molar-refractivity contribution is 5.91. The van der Waals surface area contributed by atoms with Gasteiger partial charge in [0.1, 0.15) is 6.61 Å². The minimum Gasteiger partial charge on any atom is -0.463 e. The number of unbranched alkanes of at least 4 members (excludes halogenated alkanes) is 5. The van der Waals surface area contributed by atoms with Gasteiger partial charge in [-0.15, -0.1) is 0 Å². The van der Waals surface area contributed by atoms with Crippen molar-refractivity contribution >= 4 is 11.9 Å². The van der Waals surface area contributed by atoms with E-state index < -0.39 is 11.9 Å². The van der Waals surface area contributed by atoms with Gasteiger partial charge in [-0.3, -0.25) is 0 Å². The van der Waals surface area contributed by atoms with Crippen LogP contribution in [-0.4, -0.2) is 25.2 Å². The van der Waals surface area contributed by atoms with Gasteiger partial charge in [0.05, 0.1) is 6.61 Å². The summed E-state index contributed by atoms with van der Waals surface area (Å²) in [5.74, 6) is -1.07. The van der Waals surface area contributed by atoms with Crippen molar-refractivity contribution < 1.29 is 19.1 Å². The quantitative estimate of drug-likeness (QED) is 0.252. The lowest BCUT2D eigenvalue weighted by molar-refractivity contribution is -0.140. The van der Waals surface area contributed by atoms with E-state index in [-0.39, 0.29) is 6.61 Å². The number of carbonyl (C=O) groups excluding carboxylic acids is 2. The van der Waals surface area contributed by atoms with Crippen molar-refractivity contribution in [1.82, 2.24) is 0 Å². The number of carbonyl (C=O) groups is 2. The molecule has 0 saturated heterocycles. The second-order valence-electron chi connectivity index (χ2n) is 4.83. The van der Waals surface area contributed by atoms with Crippen LogP contribution in [0.4, 0.5) is 0 Å². The summed E-state index contributed by atoms with van der Waals surface area (Å²) in [6.45, 7) is 8.10. The molecule has 0 spiro atoms. The van der Waals surface area contributed by atoms with Crippen LogP contribution >= 0.6 is 0 Å². The average molecular weight is 282 g/mol. The number of hydrogen-bond donors (Lipinski definition) is 0. The zero-order chi connectivity index (χ0) is 15.2. The van der Waals surface area contributed by atoms with Gasteiger partial charge in [-0.2, -0.15) is 0 Å². The first kappa shape index (κ1) is 18.4. The third kappa shape index (κ3) is 12.9. The lowest BCUT2D eigenvalue weighted by Crippen LogP contribution is -2.06. The van der Waals surface area contributed by atoms with E-state index in [1.54, 1.807) is 6.92 Å². The summed E-state index contributed by atoms with van der Waals surface area (Å²) in [5.41, 5.74) is 0.748. The van der Waals surface area contributed by atoms with Gasteiger partial charge in [0.25, 0.3) is 0 Å². The van der Waals surface area contributed by atoms with E-state index in [9.17, 15) is 9.59 Å². The molecule has 0 heterocycles. The number of rotatable bonds is 11. The third-order valence-electron chi connectivity index (χ3n) is 2.56. The summed E-state index contributed by atoms with van der Waals surface area (Å²) in [7, 11) is 0. The second kappa shape index (κ2) is 12.5. The molecule has 0 aromatic rings. The Kier molecular flexibility index (Phi) is 11.5. The fourth-order valence-corrected chi connectivity index (χ4v) is 1.48. The normalized spacial score (nSPS) is 10.5. The number of esters is 2. The van der Waals surface area contributed by atoms with Crippen LogP contribution in [0.3, 0.4) is 0 Å². The van der Waals surface area contributed by atoms with Gasteiger partial charge in [-0.1, -0.05) is 45.6 Å². The van der Waals surface area contributed by atoms with E-state index in [0.717, 1.165) is 30.6 Å². The zero-order valence-corrected chi connectivity index (χ0v) is 12.7. The molecule has 0 aliphatic heterocycles. The highest BCUT2D eigenvalue weighted by Gasteiger charge is 2.01. The predicted molar refractivity (Wildman–Crippen MR) is 79.2 cm³/mol. The van der Waals surface area contributed by atoms with Crippen LogP contribution in [0.1, 0.15) is 52.4 Å². The lowest BCUT2D eigenvalue weighted by atomic mass is 10.1. The van der Waals surface area contributed by atoms with E-state index in [2.05, 4.69) is 13.5 Å². The summed E-state index contributed by atoms with van der Waals surface area (Å²) >= 11 is 0. The van der Waals surface area contributed by atoms with Gasteiger partial charge < -0.3 is 9.47 Å². The number of hydrogen-bond acceptors (Lipinski definition) is 4. The maximum atomic E-state index is 11.3. The van der Waals surface area contributed by atoms with Gasteiger partial charge in [0, 0.05) is 12.2 Å². The molecule has 0 amide bonds. The van der Waals surface area contributed by atoms with E-state index in [1.807, 2.05) is 0 Å². The van der Waals surface area contributed by atoms with Crippen LogP contribution in [-0.2, 0) is 19.1 Å². The van der Waals surface area contributed by atoms with E-state index in [1.165, 1.54) is 25.7 Å². The summed E-state index contributed by atoms with van der Waals surface area (Å²) in [4.78, 5) is 22.5. The highest BCUT2D eigenvalue weighted by Crippen LogP contribution is 2.04. The van der Waals surface area contributed by atoms with Gasteiger partial charge in [-0.25, -0.2) is 9.59 Å². The van der Waals surface area contributed by atoms with Crippen LogP contribution in [0.15, 0.2) is 24.3 Å². The second-order valence-corrected chi connectivity index (χ2v) is 4.83. The molecule has 0 aromatic carbocycles. The van der Waals surface area contributed by atoms with Crippen molar-refractivity contribution in [2.75, 3.05) is 13.2 Å². The van der Waals surface area contributed by atoms with Crippen molar-refractivity contribution in [2.24, 2.45) is 0 Å². The Labute approximate surface area is 121 Å². The van der Waals surface area contributed by atoms with Crippen LogP contribution in [0.5, 0.6) is 0 Å². The maximum absolute atomic E-state index is 11.3. The molecule has 4 heteroatoms. The number of ether oxygens (including phenoxy) is 2. The molecule has 0 bridgehead atoms. The van der Waals surface area contributed by atoms with Gasteiger partial charge in [0.2, 0.25) is 0 Å². The molecular formula is C16H26O4. The van der Waals surface area contributed by atoms with Gasteiger partial charge >= 0.3 is 11.9 Å². The molecule has 4 nitrogen and oxygen atoms in total. The summed E-state index contributed by atoms with van der Waals surface area (Å²) in [5, 5.41) is 0. The molecule has 0 unspecified atom stereocenters. The minimum absolute atomic E-state index is 0.163. The first-order valence-electron chi connectivity index (χ1n) is 7.22. The van der Waals surface area contributed by atoms with Crippen molar-refractivity contribution in [2.45, 2.75) is 52.4 Å². The Morgan fingerprint density at radius 2 is 1.50 bits per heavy atom. The topological polar surface area (TPSA) is 52.6 Å². The minimum atomic E-state index is -0.565. The third-order valence-corrected chi connectivity index (χ3v) is 2.56. The summed E-state index contributed by atoms with van der Waals surface area (Å²) in [6.07, 6.45) is 8.99. The molecule has 0 N–H and O–H groups in total. The predicted octanol–water partition coefficient (Wildman–Crippen LogP) is 3.57. The van der Waals surface area contributed by atoms with E-state index in [0.29, 0.717) is 6.61 Å². The van der Waals surface area contributed by atoms with Crippen LogP contribution in [0.25, 0.3) is 0 Å². The Hall–Kier alpha value is -1.58. The fourth-order valence-electron chi connectivity index (χ4n) is 1.48. The maximum Gasteiger partial charge on any atom is 0.331 e. The molecule has 0 aliphatic rings. The monoisotopic (exact) mass is 282 g/mol. The largest absolute Gasteiger partial charge is 0.463 e. The van der Waals surface area contributed by atoms with Gasteiger partial charge in [0.15, 0.2) is 0 Å². The first-order chi connectivity index (χ1) is 9.56. The first-order valence-corrected chi connectivity index (χ1v) is 7.22.